The summed E-state index contributed by atoms with van der Waals surface area (Å²) >= 11 is 1.79. The van der Waals surface area contributed by atoms with Crippen LogP contribution in [0, 0.1) is 0 Å². The number of thioether (sulfide) groups is 1. The predicted molar refractivity (Wildman–Crippen MR) is 97.5 cm³/mol. The van der Waals surface area contributed by atoms with Gasteiger partial charge in [0, 0.05) is 40.2 Å². The van der Waals surface area contributed by atoms with E-state index in [0.29, 0.717) is 0 Å². The van der Waals surface area contributed by atoms with E-state index >= 15 is 0 Å². The number of nitrogens with one attached hydrogen (secondary N) is 1. The molecule has 0 saturated carbocycles. The summed E-state index contributed by atoms with van der Waals surface area (Å²) in [5, 5.41) is 1.07. The molecular formula is C18H15N5S. The van der Waals surface area contributed by atoms with Crippen molar-refractivity contribution in [1.82, 2.24) is 19.9 Å². The Morgan fingerprint density at radius 3 is 2.67 bits per heavy atom. The molecule has 5 nitrogen and oxygen atoms in total. The molecule has 0 saturated heterocycles. The van der Waals surface area contributed by atoms with Gasteiger partial charge in [-0.2, -0.15) is 0 Å². The lowest BCUT2D eigenvalue weighted by atomic mass is 10.1. The summed E-state index contributed by atoms with van der Waals surface area (Å²) in [7, 11) is 0. The number of nitrogen functional groups attached to an aromatic ring is 1. The number of aromatic amines is 1. The molecule has 3 N–H and O–H groups in total. The molecule has 3 heterocycles. The molecule has 0 unspecified atom stereocenters. The minimum Gasteiger partial charge on any atom is -0.368 e. The van der Waals surface area contributed by atoms with E-state index < -0.39 is 0 Å². The summed E-state index contributed by atoms with van der Waals surface area (Å²) < 4.78 is 0. The average Bonchev–Trinajstić information content (AvgIpc) is 3.05. The van der Waals surface area contributed by atoms with Crippen molar-refractivity contribution in [3.63, 3.8) is 0 Å². The topological polar surface area (TPSA) is 80.5 Å². The van der Waals surface area contributed by atoms with Gasteiger partial charge in [-0.15, -0.1) is 11.8 Å². The number of nitrogens with two attached hydrogens (primary N) is 1. The largest absolute Gasteiger partial charge is 0.368 e. The summed E-state index contributed by atoms with van der Waals surface area (Å²) in [6.45, 7) is 0. The van der Waals surface area contributed by atoms with Gasteiger partial charge in [0.2, 0.25) is 5.95 Å². The highest BCUT2D eigenvalue weighted by molar-refractivity contribution is 7.98. The summed E-state index contributed by atoms with van der Waals surface area (Å²) in [5.74, 6) is 1.17. The van der Waals surface area contributed by atoms with E-state index in [1.54, 1.807) is 18.0 Å². The fraction of sp³-hybridized carbons (Fsp3) is 0.0556. The van der Waals surface area contributed by atoms with Crippen LogP contribution >= 0.6 is 11.8 Å². The molecule has 0 amide bonds. The lowest BCUT2D eigenvalue weighted by molar-refractivity contribution is 1.19. The summed E-state index contributed by atoms with van der Waals surface area (Å²) in [4.78, 5) is 17.1. The zero-order valence-corrected chi connectivity index (χ0v) is 13.6. The van der Waals surface area contributed by atoms with Gasteiger partial charge in [0.25, 0.3) is 0 Å². The van der Waals surface area contributed by atoms with E-state index in [0.717, 1.165) is 32.9 Å². The molecule has 4 rings (SSSR count). The van der Waals surface area contributed by atoms with E-state index in [1.807, 2.05) is 30.6 Å². The number of hydrogen-bond acceptors (Lipinski definition) is 5. The predicted octanol–water partition coefficient (Wildman–Crippen LogP) is 3.89. The van der Waals surface area contributed by atoms with Crippen LogP contribution in [0.15, 0.2) is 66.0 Å². The van der Waals surface area contributed by atoms with Gasteiger partial charge in [-0.1, -0.05) is 30.3 Å². The number of pyridine rings is 1. The molecule has 0 aliphatic rings. The first-order chi connectivity index (χ1) is 11.8. The van der Waals surface area contributed by atoms with Crippen LogP contribution in [0.25, 0.3) is 22.3 Å². The Balaban J connectivity index is 1.74. The van der Waals surface area contributed by atoms with Crippen LogP contribution in [-0.2, 0) is 5.75 Å². The molecule has 0 bridgehead atoms. The third-order valence-corrected chi connectivity index (χ3v) is 4.85. The molecule has 0 aliphatic carbocycles. The van der Waals surface area contributed by atoms with Crippen molar-refractivity contribution in [3.8, 4) is 11.3 Å². The molecule has 0 spiro atoms. The third-order valence-electron chi connectivity index (χ3n) is 3.72. The van der Waals surface area contributed by atoms with Gasteiger partial charge >= 0.3 is 0 Å². The highest BCUT2D eigenvalue weighted by Gasteiger charge is 2.13. The molecule has 0 radical (unpaired) electrons. The van der Waals surface area contributed by atoms with Crippen molar-refractivity contribution in [2.75, 3.05) is 5.73 Å². The lowest BCUT2D eigenvalue weighted by Gasteiger charge is -2.06. The first-order valence-corrected chi connectivity index (χ1v) is 8.51. The molecule has 4 aromatic rings. The summed E-state index contributed by atoms with van der Waals surface area (Å²) in [5.41, 5.74) is 9.65. The highest BCUT2D eigenvalue weighted by Crippen LogP contribution is 2.35. The Morgan fingerprint density at radius 2 is 1.83 bits per heavy atom. The molecule has 3 aromatic heterocycles. The highest BCUT2D eigenvalue weighted by atomic mass is 32.2. The van der Waals surface area contributed by atoms with Gasteiger partial charge in [-0.3, -0.25) is 0 Å². The van der Waals surface area contributed by atoms with Crippen LogP contribution in [0.3, 0.4) is 0 Å². The van der Waals surface area contributed by atoms with Gasteiger partial charge in [0.05, 0.1) is 5.69 Å². The molecule has 1 aromatic carbocycles. The fourth-order valence-electron chi connectivity index (χ4n) is 2.61. The van der Waals surface area contributed by atoms with Gasteiger partial charge < -0.3 is 10.7 Å². The van der Waals surface area contributed by atoms with Crippen LogP contribution in [0.4, 0.5) is 5.95 Å². The molecule has 0 fully saturated rings. The number of benzene rings is 1. The number of H-pyrrole nitrogens is 1. The Hall–Kier alpha value is -2.86. The van der Waals surface area contributed by atoms with E-state index in [2.05, 4.69) is 44.2 Å². The first-order valence-electron chi connectivity index (χ1n) is 7.53. The normalized spacial score (nSPS) is 11.0. The zero-order valence-electron chi connectivity index (χ0n) is 12.8. The van der Waals surface area contributed by atoms with Gasteiger partial charge in [0.15, 0.2) is 0 Å². The standard InChI is InChI=1S/C18H15N5S/c19-18-21-8-6-14(23-18)13-10-22-17-16(13)15(7-9-20-17)24-11-12-4-2-1-3-5-12/h1-10H,11H2,(H,20,22)(H2,19,21,23). The van der Waals surface area contributed by atoms with Gasteiger partial charge in [0.1, 0.15) is 5.65 Å². The Morgan fingerprint density at radius 1 is 1.00 bits per heavy atom. The summed E-state index contributed by atoms with van der Waals surface area (Å²) in [6.07, 6.45) is 5.42. The monoisotopic (exact) mass is 333 g/mol. The van der Waals surface area contributed by atoms with E-state index in [-0.39, 0.29) is 5.95 Å². The summed E-state index contributed by atoms with van der Waals surface area (Å²) in [6, 6.07) is 14.3. The lowest BCUT2D eigenvalue weighted by Crippen LogP contribution is -1.95. The Kier molecular flexibility index (Phi) is 3.88. The van der Waals surface area contributed by atoms with E-state index in [4.69, 9.17) is 5.73 Å². The van der Waals surface area contributed by atoms with Crippen LogP contribution in [-0.4, -0.2) is 19.9 Å². The number of nitrogens with zero attached hydrogens (tertiary/aromatic N) is 3. The SMILES string of the molecule is Nc1nccc(-c2c[nH]c3nccc(SCc4ccccc4)c23)n1. The maximum atomic E-state index is 5.73. The molecule has 24 heavy (non-hydrogen) atoms. The van der Waals surface area contributed by atoms with Crippen molar-refractivity contribution in [3.05, 3.63) is 66.6 Å². The minimum absolute atomic E-state index is 0.268. The molecule has 0 atom stereocenters. The van der Waals surface area contributed by atoms with Crippen molar-refractivity contribution in [2.45, 2.75) is 10.6 Å². The van der Waals surface area contributed by atoms with Gasteiger partial charge in [-0.05, 0) is 17.7 Å². The number of rotatable bonds is 4. The van der Waals surface area contributed by atoms with Crippen LogP contribution in [0.1, 0.15) is 5.56 Å². The molecular weight excluding hydrogens is 318 g/mol. The third kappa shape index (κ3) is 2.83. The number of fused-ring (bicyclic) bond motifs is 1. The quantitative estimate of drug-likeness (QED) is 0.554. The Labute approximate surface area is 143 Å². The van der Waals surface area contributed by atoms with E-state index in [9.17, 15) is 0 Å². The van der Waals surface area contributed by atoms with Crippen molar-refractivity contribution < 1.29 is 0 Å². The molecule has 6 heteroatoms. The smallest absolute Gasteiger partial charge is 0.220 e. The van der Waals surface area contributed by atoms with Crippen LogP contribution < -0.4 is 5.73 Å². The van der Waals surface area contributed by atoms with Crippen LogP contribution in [0.2, 0.25) is 0 Å². The van der Waals surface area contributed by atoms with Gasteiger partial charge in [-0.25, -0.2) is 15.0 Å². The second-order valence-electron chi connectivity index (χ2n) is 5.31. The van der Waals surface area contributed by atoms with E-state index in [1.165, 1.54) is 5.56 Å². The number of anilines is 1. The van der Waals surface area contributed by atoms with Crippen molar-refractivity contribution in [1.29, 1.82) is 0 Å². The van der Waals surface area contributed by atoms with Crippen molar-refractivity contribution >= 4 is 28.7 Å². The minimum atomic E-state index is 0.268. The Bertz CT molecular complexity index is 981. The molecule has 0 aliphatic heterocycles. The maximum Gasteiger partial charge on any atom is 0.220 e. The second kappa shape index (κ2) is 6.33. The van der Waals surface area contributed by atoms with Crippen LogP contribution in [0.5, 0.6) is 0 Å². The second-order valence-corrected chi connectivity index (χ2v) is 6.33. The number of hydrogen-bond donors (Lipinski definition) is 2. The average molecular weight is 333 g/mol. The number of aromatic nitrogens is 4. The first kappa shape index (κ1) is 14.7. The zero-order chi connectivity index (χ0) is 16.4. The van der Waals surface area contributed by atoms with Crippen molar-refractivity contribution in [2.24, 2.45) is 0 Å². The maximum absolute atomic E-state index is 5.73. The molecule has 118 valence electrons. The fourth-order valence-corrected chi connectivity index (χ4v) is 3.63.